The van der Waals surface area contributed by atoms with Gasteiger partial charge in [-0.3, -0.25) is 0 Å². The number of para-hydroxylation sites is 1. The van der Waals surface area contributed by atoms with Crippen LogP contribution in [0.2, 0.25) is 0 Å². The first-order valence-electron chi connectivity index (χ1n) is 5.75. The second kappa shape index (κ2) is 5.87. The molecule has 0 aliphatic rings. The summed E-state index contributed by atoms with van der Waals surface area (Å²) in [6.45, 7) is 5.60. The van der Waals surface area contributed by atoms with Crippen LogP contribution < -0.4 is 10.5 Å². The number of hydrogen-bond acceptors (Lipinski definition) is 3. The molecule has 1 aromatic rings. The number of nitrogens with two attached hydrogens (primary N) is 1. The number of ether oxygens (including phenoxy) is 1. The average molecular weight is 223 g/mol. The van der Waals surface area contributed by atoms with E-state index in [-0.39, 0.29) is 12.1 Å². The molecule has 0 radical (unpaired) electrons. The van der Waals surface area contributed by atoms with Crippen LogP contribution in [0.5, 0.6) is 5.75 Å². The SMILES string of the molecule is CCC(N)c1ccccc1OC(C)C(C)O. The summed E-state index contributed by atoms with van der Waals surface area (Å²) in [5.41, 5.74) is 7.00. The molecular formula is C13H21NO2. The van der Waals surface area contributed by atoms with E-state index in [4.69, 9.17) is 10.5 Å². The fourth-order valence-corrected chi connectivity index (χ4v) is 1.41. The Morgan fingerprint density at radius 1 is 1.31 bits per heavy atom. The minimum absolute atomic E-state index is 0.0163. The molecule has 3 heteroatoms. The summed E-state index contributed by atoms with van der Waals surface area (Å²) < 4.78 is 5.70. The predicted octanol–water partition coefficient (Wildman–Crippen LogP) is 2.24. The Bertz CT molecular complexity index is 325. The van der Waals surface area contributed by atoms with E-state index in [1.165, 1.54) is 0 Å². The van der Waals surface area contributed by atoms with E-state index < -0.39 is 6.10 Å². The first-order chi connectivity index (χ1) is 7.56. The molecule has 0 aliphatic carbocycles. The molecule has 0 spiro atoms. The van der Waals surface area contributed by atoms with Gasteiger partial charge in [0.05, 0.1) is 6.10 Å². The van der Waals surface area contributed by atoms with Crippen molar-refractivity contribution >= 4 is 0 Å². The number of hydrogen-bond donors (Lipinski definition) is 2. The lowest BCUT2D eigenvalue weighted by Crippen LogP contribution is -2.26. The summed E-state index contributed by atoms with van der Waals surface area (Å²) in [5, 5.41) is 9.41. The van der Waals surface area contributed by atoms with E-state index in [0.717, 1.165) is 17.7 Å². The number of aliphatic hydroxyl groups is 1. The van der Waals surface area contributed by atoms with E-state index >= 15 is 0 Å². The smallest absolute Gasteiger partial charge is 0.124 e. The topological polar surface area (TPSA) is 55.5 Å². The molecule has 0 saturated heterocycles. The summed E-state index contributed by atoms with van der Waals surface area (Å²) in [4.78, 5) is 0. The molecule has 0 heterocycles. The van der Waals surface area contributed by atoms with Gasteiger partial charge in [0.1, 0.15) is 11.9 Å². The Morgan fingerprint density at radius 3 is 2.50 bits per heavy atom. The van der Waals surface area contributed by atoms with Gasteiger partial charge in [-0.1, -0.05) is 25.1 Å². The molecule has 3 unspecified atom stereocenters. The quantitative estimate of drug-likeness (QED) is 0.805. The second-order valence-corrected chi connectivity index (χ2v) is 4.12. The summed E-state index contributed by atoms with van der Waals surface area (Å²) in [7, 11) is 0. The summed E-state index contributed by atoms with van der Waals surface area (Å²) in [5.74, 6) is 0.769. The van der Waals surface area contributed by atoms with E-state index in [1.54, 1.807) is 6.92 Å². The third kappa shape index (κ3) is 3.22. The van der Waals surface area contributed by atoms with E-state index in [2.05, 4.69) is 0 Å². The van der Waals surface area contributed by atoms with Crippen LogP contribution in [0.3, 0.4) is 0 Å². The molecular weight excluding hydrogens is 202 g/mol. The van der Waals surface area contributed by atoms with E-state index in [1.807, 2.05) is 38.1 Å². The van der Waals surface area contributed by atoms with Crippen LogP contribution in [0.1, 0.15) is 38.8 Å². The van der Waals surface area contributed by atoms with Crippen molar-refractivity contribution in [2.75, 3.05) is 0 Å². The molecule has 0 bridgehead atoms. The predicted molar refractivity (Wildman–Crippen MR) is 65.4 cm³/mol. The van der Waals surface area contributed by atoms with Gasteiger partial charge in [0.25, 0.3) is 0 Å². The van der Waals surface area contributed by atoms with Crippen molar-refractivity contribution in [3.8, 4) is 5.75 Å². The molecule has 3 atom stereocenters. The van der Waals surface area contributed by atoms with Crippen LogP contribution in [-0.2, 0) is 0 Å². The second-order valence-electron chi connectivity index (χ2n) is 4.12. The molecule has 0 amide bonds. The Morgan fingerprint density at radius 2 is 1.94 bits per heavy atom. The van der Waals surface area contributed by atoms with Crippen molar-refractivity contribution in [2.24, 2.45) is 5.73 Å². The molecule has 16 heavy (non-hydrogen) atoms. The highest BCUT2D eigenvalue weighted by Gasteiger charge is 2.15. The van der Waals surface area contributed by atoms with Crippen LogP contribution in [0, 0.1) is 0 Å². The third-order valence-electron chi connectivity index (χ3n) is 2.75. The van der Waals surface area contributed by atoms with Crippen LogP contribution in [0.4, 0.5) is 0 Å². The summed E-state index contributed by atoms with van der Waals surface area (Å²) in [6, 6.07) is 7.71. The van der Waals surface area contributed by atoms with Crippen LogP contribution in [-0.4, -0.2) is 17.3 Å². The monoisotopic (exact) mass is 223 g/mol. The minimum atomic E-state index is -0.495. The van der Waals surface area contributed by atoms with Gasteiger partial charge in [0.2, 0.25) is 0 Å². The normalized spacial score (nSPS) is 16.6. The van der Waals surface area contributed by atoms with Crippen molar-refractivity contribution in [3.63, 3.8) is 0 Å². The maximum absolute atomic E-state index is 9.41. The molecule has 3 nitrogen and oxygen atoms in total. The lowest BCUT2D eigenvalue weighted by molar-refractivity contribution is 0.0596. The molecule has 0 aliphatic heterocycles. The fourth-order valence-electron chi connectivity index (χ4n) is 1.41. The van der Waals surface area contributed by atoms with Crippen LogP contribution in [0.25, 0.3) is 0 Å². The zero-order chi connectivity index (χ0) is 12.1. The van der Waals surface area contributed by atoms with Gasteiger partial charge in [0, 0.05) is 11.6 Å². The average Bonchev–Trinajstić information content (AvgIpc) is 2.28. The molecule has 0 fully saturated rings. The van der Waals surface area contributed by atoms with E-state index in [9.17, 15) is 5.11 Å². The van der Waals surface area contributed by atoms with Gasteiger partial charge in [0.15, 0.2) is 0 Å². The number of rotatable bonds is 5. The van der Waals surface area contributed by atoms with Crippen molar-refractivity contribution in [3.05, 3.63) is 29.8 Å². The van der Waals surface area contributed by atoms with Gasteiger partial charge in [-0.05, 0) is 26.3 Å². The molecule has 0 saturated carbocycles. The molecule has 3 N–H and O–H groups in total. The Kier molecular flexibility index (Phi) is 4.77. The standard InChI is InChI=1S/C13H21NO2/c1-4-12(14)11-7-5-6-8-13(11)16-10(3)9(2)15/h5-10,12,15H,4,14H2,1-3H3. The molecule has 0 aromatic heterocycles. The van der Waals surface area contributed by atoms with Crippen molar-refractivity contribution in [1.29, 1.82) is 0 Å². The molecule has 90 valence electrons. The van der Waals surface area contributed by atoms with Gasteiger partial charge < -0.3 is 15.6 Å². The highest BCUT2D eigenvalue weighted by atomic mass is 16.5. The molecule has 1 rings (SSSR count). The Labute approximate surface area is 97.2 Å². The first-order valence-corrected chi connectivity index (χ1v) is 5.75. The Balaban J connectivity index is 2.86. The fraction of sp³-hybridized carbons (Fsp3) is 0.538. The third-order valence-corrected chi connectivity index (χ3v) is 2.75. The van der Waals surface area contributed by atoms with Crippen LogP contribution >= 0.6 is 0 Å². The van der Waals surface area contributed by atoms with Crippen molar-refractivity contribution in [1.82, 2.24) is 0 Å². The zero-order valence-electron chi connectivity index (χ0n) is 10.2. The van der Waals surface area contributed by atoms with Crippen molar-refractivity contribution < 1.29 is 9.84 Å². The summed E-state index contributed by atoms with van der Waals surface area (Å²) >= 11 is 0. The van der Waals surface area contributed by atoms with Gasteiger partial charge in [-0.2, -0.15) is 0 Å². The number of benzene rings is 1. The maximum atomic E-state index is 9.41. The number of aliphatic hydroxyl groups excluding tert-OH is 1. The van der Waals surface area contributed by atoms with Gasteiger partial charge in [-0.25, -0.2) is 0 Å². The van der Waals surface area contributed by atoms with Crippen LogP contribution in [0.15, 0.2) is 24.3 Å². The van der Waals surface area contributed by atoms with Gasteiger partial charge >= 0.3 is 0 Å². The lowest BCUT2D eigenvalue weighted by Gasteiger charge is -2.21. The zero-order valence-corrected chi connectivity index (χ0v) is 10.2. The summed E-state index contributed by atoms with van der Waals surface area (Å²) in [6.07, 6.45) is 0.139. The maximum Gasteiger partial charge on any atom is 0.124 e. The van der Waals surface area contributed by atoms with Crippen molar-refractivity contribution in [2.45, 2.75) is 45.4 Å². The largest absolute Gasteiger partial charge is 0.488 e. The van der Waals surface area contributed by atoms with Gasteiger partial charge in [-0.15, -0.1) is 0 Å². The lowest BCUT2D eigenvalue weighted by atomic mass is 10.0. The van der Waals surface area contributed by atoms with E-state index in [0.29, 0.717) is 0 Å². The first kappa shape index (κ1) is 13.0. The Hall–Kier alpha value is -1.06. The minimum Gasteiger partial charge on any atom is -0.488 e. The molecule has 1 aromatic carbocycles. The highest BCUT2D eigenvalue weighted by molar-refractivity contribution is 5.35. The highest BCUT2D eigenvalue weighted by Crippen LogP contribution is 2.26.